The highest BCUT2D eigenvalue weighted by Crippen LogP contribution is 2.78. The quantitative estimate of drug-likeness (QED) is 0.166. The molecule has 6 aliphatic rings. The molecule has 0 aromatic heterocycles. The molecule has 0 aliphatic heterocycles. The summed E-state index contributed by atoms with van der Waals surface area (Å²) >= 11 is 6.51. The third kappa shape index (κ3) is 6.15. The minimum absolute atomic E-state index is 0.0207. The van der Waals surface area contributed by atoms with Crippen molar-refractivity contribution >= 4 is 29.1 Å². The summed E-state index contributed by atoms with van der Waals surface area (Å²) in [4.78, 5) is 30.9. The molecular formula is C47H54ClFN2O7. The van der Waals surface area contributed by atoms with Crippen molar-refractivity contribution in [1.82, 2.24) is 4.90 Å². The van der Waals surface area contributed by atoms with E-state index in [1.54, 1.807) is 62.6 Å². The molecule has 3 saturated carbocycles. The Balaban J connectivity index is 1.18. The number of hydrogen-bond donors (Lipinski definition) is 3. The normalized spacial score (nSPS) is 33.0. The zero-order valence-corrected chi connectivity index (χ0v) is 34.7. The molecule has 308 valence electrons. The van der Waals surface area contributed by atoms with Crippen LogP contribution in [0.15, 0.2) is 84.5 Å². The predicted octanol–water partition coefficient (Wildman–Crippen LogP) is 8.94. The Kier molecular flexibility index (Phi) is 10.2. The van der Waals surface area contributed by atoms with E-state index >= 15 is 4.39 Å². The van der Waals surface area contributed by atoms with Gasteiger partial charge in [0.2, 0.25) is 0 Å². The molecule has 3 N–H and O–H groups in total. The molecule has 6 aliphatic carbocycles. The van der Waals surface area contributed by atoms with Gasteiger partial charge in [-0.25, -0.2) is 9.18 Å². The van der Waals surface area contributed by atoms with Crippen molar-refractivity contribution in [3.63, 3.8) is 0 Å². The van der Waals surface area contributed by atoms with Crippen molar-refractivity contribution < 1.29 is 38.4 Å². The van der Waals surface area contributed by atoms with Gasteiger partial charge in [0.25, 0.3) is 0 Å². The number of ether oxygens (including phenoxy) is 3. The molecule has 3 fully saturated rings. The summed E-state index contributed by atoms with van der Waals surface area (Å²) in [5, 5.41) is 27.6. The number of anilines is 1. The third-order valence-corrected chi connectivity index (χ3v) is 15.7. The summed E-state index contributed by atoms with van der Waals surface area (Å²) < 4.78 is 31.8. The average molecular weight is 813 g/mol. The number of urea groups is 1. The number of allylic oxidation sites excluding steroid dienone is 4. The number of carbonyl (C=O) groups is 2. The number of aliphatic hydroxyl groups excluding tert-OH is 1. The molecule has 11 heteroatoms. The van der Waals surface area contributed by atoms with Gasteiger partial charge in [-0.2, -0.15) is 0 Å². The lowest BCUT2D eigenvalue weighted by Crippen LogP contribution is -2.67. The lowest BCUT2D eigenvalue weighted by Gasteiger charge is -2.71. The maximum Gasteiger partial charge on any atom is 0.322 e. The van der Waals surface area contributed by atoms with Crippen LogP contribution in [-0.2, 0) is 17.8 Å². The molecule has 58 heavy (non-hydrogen) atoms. The van der Waals surface area contributed by atoms with E-state index in [4.69, 9.17) is 25.8 Å². The molecule has 1 unspecified atom stereocenters. The second-order valence-corrected chi connectivity index (χ2v) is 18.2. The van der Waals surface area contributed by atoms with Crippen LogP contribution in [0, 0.1) is 39.3 Å². The fourth-order valence-corrected chi connectivity index (χ4v) is 12.4. The smallest absolute Gasteiger partial charge is 0.322 e. The van der Waals surface area contributed by atoms with Gasteiger partial charge in [-0.1, -0.05) is 49.7 Å². The van der Waals surface area contributed by atoms with Crippen molar-refractivity contribution in [1.29, 1.82) is 0 Å². The minimum Gasteiger partial charge on any atom is -0.497 e. The average Bonchev–Trinajstić information content (AvgIpc) is 3.48. The molecule has 2 amide bonds. The highest BCUT2D eigenvalue weighted by Gasteiger charge is 2.74. The summed E-state index contributed by atoms with van der Waals surface area (Å²) in [5.74, 6) is 1.00. The Morgan fingerprint density at radius 2 is 1.59 bits per heavy atom. The molecule has 8 atom stereocenters. The van der Waals surface area contributed by atoms with Crippen LogP contribution in [0.3, 0.4) is 0 Å². The van der Waals surface area contributed by atoms with Gasteiger partial charge in [0, 0.05) is 56.1 Å². The number of hydrogen-bond acceptors (Lipinski definition) is 7. The van der Waals surface area contributed by atoms with Crippen LogP contribution in [0.4, 0.5) is 14.9 Å². The minimum atomic E-state index is -1.35. The number of fused-ring (bicyclic) bond motifs is 1. The van der Waals surface area contributed by atoms with E-state index in [1.165, 1.54) is 12.1 Å². The van der Waals surface area contributed by atoms with Crippen molar-refractivity contribution in [2.24, 2.45) is 33.5 Å². The lowest BCUT2D eigenvalue weighted by atomic mass is 9.32. The highest BCUT2D eigenvalue weighted by molar-refractivity contribution is 6.31. The Labute approximate surface area is 345 Å². The van der Waals surface area contributed by atoms with Crippen LogP contribution >= 0.6 is 11.6 Å². The number of carbonyl (C=O) groups excluding carboxylic acids is 2. The van der Waals surface area contributed by atoms with E-state index in [0.717, 1.165) is 18.4 Å². The van der Waals surface area contributed by atoms with E-state index in [1.807, 2.05) is 12.1 Å². The number of nitrogens with zero attached hydrogens (tertiary/aromatic N) is 1. The van der Waals surface area contributed by atoms with Crippen LogP contribution in [0.2, 0.25) is 5.02 Å². The fraction of sp³-hybridized carbons (Fsp3) is 0.489. The molecule has 0 radical (unpaired) electrons. The highest BCUT2D eigenvalue weighted by atomic mass is 35.5. The van der Waals surface area contributed by atoms with Gasteiger partial charge >= 0.3 is 6.03 Å². The number of nitrogens with one attached hydrogen (secondary N) is 1. The van der Waals surface area contributed by atoms with E-state index in [2.05, 4.69) is 37.4 Å². The second kappa shape index (κ2) is 14.7. The summed E-state index contributed by atoms with van der Waals surface area (Å²) in [7, 11) is 4.74. The largest absolute Gasteiger partial charge is 0.497 e. The van der Waals surface area contributed by atoms with Crippen molar-refractivity contribution in [2.45, 2.75) is 83.5 Å². The molecule has 3 aromatic rings. The van der Waals surface area contributed by atoms with Gasteiger partial charge < -0.3 is 34.6 Å². The van der Waals surface area contributed by atoms with Crippen LogP contribution in [0.1, 0.15) is 69.9 Å². The Hall–Kier alpha value is -4.38. The summed E-state index contributed by atoms with van der Waals surface area (Å²) in [6, 6.07) is 16.6. The topological polar surface area (TPSA) is 118 Å². The molecule has 9 nitrogen and oxygen atoms in total. The van der Waals surface area contributed by atoms with Crippen LogP contribution < -0.4 is 19.5 Å². The van der Waals surface area contributed by atoms with Crippen LogP contribution in [0.25, 0.3) is 0 Å². The number of benzene rings is 3. The number of aliphatic hydroxyl groups is 2. The van der Waals surface area contributed by atoms with E-state index in [-0.39, 0.29) is 59.2 Å². The maximum absolute atomic E-state index is 15.3. The van der Waals surface area contributed by atoms with E-state index < -0.39 is 33.8 Å². The zero-order valence-electron chi connectivity index (χ0n) is 33.9. The molecule has 2 bridgehead atoms. The monoisotopic (exact) mass is 812 g/mol. The summed E-state index contributed by atoms with van der Waals surface area (Å²) in [6.45, 7) is 4.62. The van der Waals surface area contributed by atoms with Gasteiger partial charge in [-0.05, 0) is 111 Å². The van der Waals surface area contributed by atoms with E-state index in [9.17, 15) is 19.8 Å². The van der Waals surface area contributed by atoms with Crippen molar-refractivity contribution in [3.8, 4) is 17.2 Å². The van der Waals surface area contributed by atoms with Gasteiger partial charge in [0.05, 0.1) is 46.1 Å². The lowest BCUT2D eigenvalue weighted by molar-refractivity contribution is -0.177. The number of rotatable bonds is 11. The van der Waals surface area contributed by atoms with Gasteiger partial charge in [-0.3, -0.25) is 4.79 Å². The second-order valence-electron chi connectivity index (χ2n) is 17.8. The molecule has 0 heterocycles. The molecule has 3 aromatic carbocycles. The Morgan fingerprint density at radius 1 is 0.897 bits per heavy atom. The van der Waals surface area contributed by atoms with Gasteiger partial charge in [0.15, 0.2) is 5.78 Å². The van der Waals surface area contributed by atoms with Crippen molar-refractivity contribution in [3.05, 3.63) is 106 Å². The van der Waals surface area contributed by atoms with Gasteiger partial charge in [0.1, 0.15) is 23.1 Å². The van der Waals surface area contributed by atoms with Crippen molar-refractivity contribution in [2.75, 3.05) is 33.2 Å². The number of Topliss-reactive ketones (excluding diaryl/α,β-unsaturated/α-hetero) is 1. The fourth-order valence-electron chi connectivity index (χ4n) is 12.2. The summed E-state index contributed by atoms with van der Waals surface area (Å²) in [5.41, 5.74) is -1.46. The molecular weight excluding hydrogens is 759 g/mol. The molecule has 0 saturated heterocycles. The third-order valence-electron chi connectivity index (χ3n) is 15.3. The first kappa shape index (κ1) is 40.4. The van der Waals surface area contributed by atoms with E-state index in [0.29, 0.717) is 60.6 Å². The van der Waals surface area contributed by atoms with Crippen LogP contribution in [-0.4, -0.2) is 66.5 Å². The number of ketones is 1. The summed E-state index contributed by atoms with van der Waals surface area (Å²) in [6.07, 6.45) is 10.4. The first-order chi connectivity index (χ1) is 27.7. The standard InChI is InChI=1S/C47H54ClFN2O7/c1-43-18-15-31(52)25-45(43)21-22-47(35(26-45)38(53)24-34-36(48)7-6-8-37(34)49)40(43)16-19-44(2)41(47)17-20-46(44,55)28-51(27-29-9-12-33(57-4)23-39(29)58-5)42(54)50-30-10-13-32(56-3)14-11-30/h6-14,21-23,26,31,40-41,52,55H,15-20,24-25,27-28H2,1-5H3,(H,50,54)/t31?,40-,41-,43-,44+,45+,46-,47-/m1/s1. The molecule has 2 spiro atoms. The number of amides is 2. The zero-order chi connectivity index (χ0) is 41.3. The Morgan fingerprint density at radius 3 is 2.29 bits per heavy atom. The Bertz CT molecular complexity index is 2160. The van der Waals surface area contributed by atoms with Gasteiger partial charge in [-0.15, -0.1) is 0 Å². The maximum atomic E-state index is 15.3. The number of methoxy groups -OCH3 is 3. The number of halogens is 2. The first-order valence-corrected chi connectivity index (χ1v) is 20.7. The SMILES string of the molecule is COc1ccc(NC(=O)N(Cc2ccc(OC)cc2OC)C[C@]2(O)CC[C@H]3[C@]45C=C[C@@]6(C=C4C(=O)Cc4c(F)cccc4Cl)CC(O)CC[C@]6(C)[C@H]5CC[C@@]32C)cc1. The first-order valence-electron chi connectivity index (χ1n) is 20.4. The van der Waals surface area contributed by atoms with Crippen LogP contribution in [0.5, 0.6) is 17.2 Å². The molecule has 9 rings (SSSR count). The predicted molar refractivity (Wildman–Crippen MR) is 221 cm³/mol.